The molecular weight excluding hydrogens is 363 g/mol. The highest BCUT2D eigenvalue weighted by molar-refractivity contribution is 5.93. The van der Waals surface area contributed by atoms with Gasteiger partial charge in [0, 0.05) is 37.8 Å². The normalized spacial score (nSPS) is 24.8. The fourth-order valence-corrected chi connectivity index (χ4v) is 3.51. The molecule has 1 amide bonds. The molecule has 152 valence electrons. The van der Waals surface area contributed by atoms with Gasteiger partial charge in [-0.15, -0.1) is 0 Å². The van der Waals surface area contributed by atoms with E-state index in [1.165, 1.54) is 6.07 Å². The van der Waals surface area contributed by atoms with Crippen molar-refractivity contribution in [2.75, 3.05) is 38.2 Å². The van der Waals surface area contributed by atoms with Crippen molar-refractivity contribution in [1.82, 2.24) is 20.0 Å². The second kappa shape index (κ2) is 8.05. The van der Waals surface area contributed by atoms with Crippen LogP contribution in [0.1, 0.15) is 43.2 Å². The van der Waals surface area contributed by atoms with E-state index in [0.29, 0.717) is 26.2 Å². The number of fused-ring (bicyclic) bond motifs is 1. The van der Waals surface area contributed by atoms with Gasteiger partial charge in [-0.05, 0) is 19.8 Å². The topological polar surface area (TPSA) is 71.4 Å². The van der Waals surface area contributed by atoms with Gasteiger partial charge >= 0.3 is 6.18 Å². The number of rotatable bonds is 5. The van der Waals surface area contributed by atoms with E-state index in [-0.39, 0.29) is 30.0 Å². The lowest BCUT2D eigenvalue weighted by atomic mass is 10.0. The Balaban J connectivity index is 1.67. The summed E-state index contributed by atoms with van der Waals surface area (Å²) in [4.78, 5) is 14.6. The Labute approximate surface area is 156 Å². The van der Waals surface area contributed by atoms with E-state index >= 15 is 0 Å². The average Bonchev–Trinajstić information content (AvgIpc) is 3.08. The molecule has 3 rings (SSSR count). The summed E-state index contributed by atoms with van der Waals surface area (Å²) in [6.45, 7) is 7.14. The molecule has 1 aromatic rings. The molecule has 0 aliphatic carbocycles. The minimum Gasteiger partial charge on any atom is -0.379 e. The van der Waals surface area contributed by atoms with Crippen molar-refractivity contribution < 1.29 is 22.7 Å². The second-order valence-corrected chi connectivity index (χ2v) is 7.11. The molecule has 27 heavy (non-hydrogen) atoms. The van der Waals surface area contributed by atoms with Crippen LogP contribution in [-0.4, -0.2) is 71.7 Å². The Morgan fingerprint density at radius 3 is 2.78 bits per heavy atom. The first kappa shape index (κ1) is 19.9. The molecule has 2 aliphatic heterocycles. The van der Waals surface area contributed by atoms with E-state index in [1.807, 2.05) is 13.8 Å². The molecule has 0 spiro atoms. The van der Waals surface area contributed by atoms with E-state index in [0.717, 1.165) is 17.8 Å². The second-order valence-electron chi connectivity index (χ2n) is 7.11. The summed E-state index contributed by atoms with van der Waals surface area (Å²) >= 11 is 0. The number of halogens is 3. The fraction of sp³-hybridized carbons (Fsp3) is 0.765. The van der Waals surface area contributed by atoms with Crippen LogP contribution in [0.3, 0.4) is 0 Å². The number of ether oxygens (including phenoxy) is 1. The van der Waals surface area contributed by atoms with Gasteiger partial charge in [0.2, 0.25) is 0 Å². The third-order valence-electron chi connectivity index (χ3n) is 5.22. The number of carbonyl (C=O) groups is 1. The maximum atomic E-state index is 13.4. The van der Waals surface area contributed by atoms with Gasteiger partial charge in [-0.3, -0.25) is 9.69 Å². The molecule has 1 saturated heterocycles. The Hall–Kier alpha value is -1.81. The standard InChI is InChI=1S/C17H26F3N5O2/c1-3-12-8-14(17(18,19)20)25-15(22-12)9-13(23-25)16(26)21-10-11(2)24-4-6-27-7-5-24/h9,11-12,14,22H,3-8,10H2,1-2H3,(H,21,26)/t11-,12-,14-/m1/s1. The van der Waals surface area contributed by atoms with Crippen LogP contribution in [0, 0.1) is 0 Å². The number of morpholine rings is 1. The molecule has 0 aromatic carbocycles. The average molecular weight is 389 g/mol. The van der Waals surface area contributed by atoms with E-state index in [4.69, 9.17) is 4.74 Å². The smallest absolute Gasteiger partial charge is 0.379 e. The van der Waals surface area contributed by atoms with Crippen molar-refractivity contribution >= 4 is 11.7 Å². The van der Waals surface area contributed by atoms with E-state index < -0.39 is 18.1 Å². The number of nitrogens with zero attached hydrogens (tertiary/aromatic N) is 3. The molecule has 0 saturated carbocycles. The number of hydrogen-bond donors (Lipinski definition) is 2. The van der Waals surface area contributed by atoms with Crippen LogP contribution in [0.4, 0.5) is 19.0 Å². The van der Waals surface area contributed by atoms with Crippen LogP contribution >= 0.6 is 0 Å². The summed E-state index contributed by atoms with van der Waals surface area (Å²) in [5.41, 5.74) is -0.00215. The molecule has 3 heterocycles. The summed E-state index contributed by atoms with van der Waals surface area (Å²) in [5.74, 6) is -0.227. The minimum absolute atomic E-state index is 0.00215. The Morgan fingerprint density at radius 1 is 1.44 bits per heavy atom. The van der Waals surface area contributed by atoms with Gasteiger partial charge in [0.05, 0.1) is 13.2 Å². The monoisotopic (exact) mass is 389 g/mol. The zero-order valence-electron chi connectivity index (χ0n) is 15.6. The third-order valence-corrected chi connectivity index (χ3v) is 5.22. The Kier molecular flexibility index (Phi) is 5.95. The number of carbonyl (C=O) groups excluding carboxylic acids is 1. The number of nitrogens with one attached hydrogen (secondary N) is 2. The number of hydrogen-bond acceptors (Lipinski definition) is 5. The molecule has 7 nitrogen and oxygen atoms in total. The first-order chi connectivity index (χ1) is 12.8. The van der Waals surface area contributed by atoms with E-state index in [2.05, 4.69) is 20.6 Å². The van der Waals surface area contributed by atoms with Gasteiger partial charge < -0.3 is 15.4 Å². The van der Waals surface area contributed by atoms with Crippen molar-refractivity contribution in [1.29, 1.82) is 0 Å². The van der Waals surface area contributed by atoms with Crippen molar-refractivity contribution in [2.45, 2.75) is 51.0 Å². The van der Waals surface area contributed by atoms with Gasteiger partial charge in [-0.2, -0.15) is 18.3 Å². The minimum atomic E-state index is -4.41. The lowest BCUT2D eigenvalue weighted by Crippen LogP contribution is -2.47. The summed E-state index contributed by atoms with van der Waals surface area (Å²) in [6.07, 6.45) is -3.94. The molecule has 3 atom stereocenters. The van der Waals surface area contributed by atoms with Crippen LogP contribution in [0.15, 0.2) is 6.07 Å². The highest BCUT2D eigenvalue weighted by Gasteiger charge is 2.46. The summed E-state index contributed by atoms with van der Waals surface area (Å²) in [6, 6.07) is -0.499. The van der Waals surface area contributed by atoms with Crippen molar-refractivity contribution in [2.24, 2.45) is 0 Å². The van der Waals surface area contributed by atoms with Crippen molar-refractivity contribution in [3.05, 3.63) is 11.8 Å². The van der Waals surface area contributed by atoms with Gasteiger partial charge in [0.15, 0.2) is 11.7 Å². The summed E-state index contributed by atoms with van der Waals surface area (Å²) in [7, 11) is 0. The molecule has 0 unspecified atom stereocenters. The Morgan fingerprint density at radius 2 is 2.15 bits per heavy atom. The number of anilines is 1. The zero-order chi connectivity index (χ0) is 19.6. The number of aromatic nitrogens is 2. The lowest BCUT2D eigenvalue weighted by Gasteiger charge is -2.32. The molecule has 1 aromatic heterocycles. The summed E-state index contributed by atoms with van der Waals surface area (Å²) in [5, 5.41) is 9.76. The maximum Gasteiger partial charge on any atom is 0.410 e. The zero-order valence-corrected chi connectivity index (χ0v) is 15.6. The Bertz CT molecular complexity index is 657. The molecule has 0 bridgehead atoms. The molecule has 10 heteroatoms. The van der Waals surface area contributed by atoms with Gasteiger partial charge in [0.1, 0.15) is 5.82 Å². The van der Waals surface area contributed by atoms with Gasteiger partial charge in [-0.25, -0.2) is 4.68 Å². The molecule has 1 fully saturated rings. The SMILES string of the molecule is CC[C@@H]1C[C@H](C(F)(F)F)n2nc(C(=O)NC[C@@H](C)N3CCOCC3)cc2N1. The van der Waals surface area contributed by atoms with Crippen LogP contribution in [0.25, 0.3) is 0 Å². The maximum absolute atomic E-state index is 13.4. The van der Waals surface area contributed by atoms with Crippen LogP contribution < -0.4 is 10.6 Å². The van der Waals surface area contributed by atoms with Gasteiger partial charge in [0.25, 0.3) is 5.91 Å². The third kappa shape index (κ3) is 4.55. The fourth-order valence-electron chi connectivity index (χ4n) is 3.51. The molecular formula is C17H26F3N5O2. The highest BCUT2D eigenvalue weighted by Crippen LogP contribution is 2.39. The van der Waals surface area contributed by atoms with Crippen LogP contribution in [0.2, 0.25) is 0 Å². The predicted octanol–water partition coefficient (Wildman–Crippen LogP) is 2.03. The van der Waals surface area contributed by atoms with Crippen LogP contribution in [-0.2, 0) is 4.74 Å². The van der Waals surface area contributed by atoms with E-state index in [9.17, 15) is 18.0 Å². The van der Waals surface area contributed by atoms with E-state index in [1.54, 1.807) is 0 Å². The first-order valence-electron chi connectivity index (χ1n) is 9.32. The lowest BCUT2D eigenvalue weighted by molar-refractivity contribution is -0.173. The molecule has 2 N–H and O–H groups in total. The predicted molar refractivity (Wildman–Crippen MR) is 93.8 cm³/mol. The first-order valence-corrected chi connectivity index (χ1v) is 9.32. The largest absolute Gasteiger partial charge is 0.410 e. The van der Waals surface area contributed by atoms with Crippen molar-refractivity contribution in [3.63, 3.8) is 0 Å². The summed E-state index contributed by atoms with van der Waals surface area (Å²) < 4.78 is 46.4. The van der Waals surface area contributed by atoms with Crippen LogP contribution in [0.5, 0.6) is 0 Å². The number of alkyl halides is 3. The molecule has 0 radical (unpaired) electrons. The quantitative estimate of drug-likeness (QED) is 0.806. The number of amides is 1. The van der Waals surface area contributed by atoms with Crippen molar-refractivity contribution in [3.8, 4) is 0 Å². The van der Waals surface area contributed by atoms with Gasteiger partial charge in [-0.1, -0.05) is 6.92 Å². The molecule has 2 aliphatic rings. The highest BCUT2D eigenvalue weighted by atomic mass is 19.4.